The van der Waals surface area contributed by atoms with E-state index < -0.39 is 0 Å². The number of rotatable bonds is 2. The number of nitrogens with two attached hydrogens (primary N) is 1. The van der Waals surface area contributed by atoms with Crippen molar-refractivity contribution in [1.29, 1.82) is 0 Å². The van der Waals surface area contributed by atoms with E-state index in [1.165, 1.54) is 0 Å². The van der Waals surface area contributed by atoms with Gasteiger partial charge in [0.2, 0.25) is 0 Å². The lowest BCUT2D eigenvalue weighted by molar-refractivity contribution is 0.340. The molecule has 0 spiro atoms. The number of anilines is 1. The number of hydrogen-bond acceptors (Lipinski definition) is 2. The van der Waals surface area contributed by atoms with Crippen LogP contribution in [0.3, 0.4) is 0 Å². The van der Waals surface area contributed by atoms with Crippen molar-refractivity contribution in [3.63, 3.8) is 0 Å². The second-order valence-corrected chi connectivity index (χ2v) is 2.43. The summed E-state index contributed by atoms with van der Waals surface area (Å²) in [5, 5.41) is 0. The highest BCUT2D eigenvalue weighted by Crippen LogP contribution is 2.24. The van der Waals surface area contributed by atoms with Crippen molar-refractivity contribution in [2.45, 2.75) is 27.7 Å². The predicted octanol–water partition coefficient (Wildman–Crippen LogP) is 3.00. The fourth-order valence-electron chi connectivity index (χ4n) is 1.02. The summed E-state index contributed by atoms with van der Waals surface area (Å²) >= 11 is 0. The summed E-state index contributed by atoms with van der Waals surface area (Å²) in [7, 11) is 0. The first kappa shape index (κ1) is 11.8. The zero-order valence-electron chi connectivity index (χ0n) is 8.92. The molecule has 2 nitrogen and oxygen atoms in total. The molecule has 0 aliphatic rings. The molecule has 0 saturated heterocycles. The lowest BCUT2D eigenvalue weighted by atomic mass is 10.2. The number of benzene rings is 1. The minimum atomic E-state index is 0.662. The molecule has 0 atom stereocenters. The minimum Gasteiger partial charge on any atom is -0.491 e. The van der Waals surface area contributed by atoms with Gasteiger partial charge in [0.15, 0.2) is 0 Å². The number of aryl methyl sites for hydroxylation is 1. The highest BCUT2D eigenvalue weighted by Gasteiger charge is 2.00. The molecule has 0 heterocycles. The van der Waals surface area contributed by atoms with E-state index in [0.29, 0.717) is 12.3 Å². The van der Waals surface area contributed by atoms with Gasteiger partial charge in [0.25, 0.3) is 0 Å². The summed E-state index contributed by atoms with van der Waals surface area (Å²) in [5.41, 5.74) is 7.49. The standard InChI is InChI=1S/C9H13NO.C2H6/c1-3-11-9-7(2)5-4-6-8(9)10;1-2/h4-6H,3,10H2,1-2H3;1-2H3. The Morgan fingerprint density at radius 3 is 2.38 bits per heavy atom. The van der Waals surface area contributed by atoms with Gasteiger partial charge in [-0.2, -0.15) is 0 Å². The molecule has 74 valence electrons. The van der Waals surface area contributed by atoms with Crippen LogP contribution < -0.4 is 10.5 Å². The smallest absolute Gasteiger partial charge is 0.145 e. The van der Waals surface area contributed by atoms with E-state index in [9.17, 15) is 0 Å². The molecule has 0 radical (unpaired) electrons. The molecule has 1 aromatic carbocycles. The fraction of sp³-hybridized carbons (Fsp3) is 0.455. The maximum Gasteiger partial charge on any atom is 0.145 e. The first-order chi connectivity index (χ1) is 6.25. The van der Waals surface area contributed by atoms with E-state index in [1.807, 2.05) is 45.9 Å². The van der Waals surface area contributed by atoms with E-state index in [2.05, 4.69) is 0 Å². The van der Waals surface area contributed by atoms with Crippen LogP contribution in [0, 0.1) is 6.92 Å². The molecular weight excluding hydrogens is 162 g/mol. The number of nitrogen functional groups attached to an aromatic ring is 1. The van der Waals surface area contributed by atoms with Gasteiger partial charge in [0.05, 0.1) is 12.3 Å². The van der Waals surface area contributed by atoms with Crippen molar-refractivity contribution in [2.75, 3.05) is 12.3 Å². The summed E-state index contributed by atoms with van der Waals surface area (Å²) in [4.78, 5) is 0. The molecule has 0 aromatic heterocycles. The van der Waals surface area contributed by atoms with Crippen LogP contribution in [0.2, 0.25) is 0 Å². The van der Waals surface area contributed by atoms with Crippen molar-refractivity contribution in [2.24, 2.45) is 0 Å². The van der Waals surface area contributed by atoms with Crippen LogP contribution in [-0.4, -0.2) is 6.61 Å². The Morgan fingerprint density at radius 1 is 1.31 bits per heavy atom. The highest BCUT2D eigenvalue weighted by molar-refractivity contribution is 5.56. The lowest BCUT2D eigenvalue weighted by Crippen LogP contribution is -1.98. The SMILES string of the molecule is CC.CCOc1c(C)cccc1N. The third kappa shape index (κ3) is 3.36. The fourth-order valence-corrected chi connectivity index (χ4v) is 1.02. The van der Waals surface area contributed by atoms with E-state index in [4.69, 9.17) is 10.5 Å². The van der Waals surface area contributed by atoms with Crippen LogP contribution in [0.15, 0.2) is 18.2 Å². The second-order valence-electron chi connectivity index (χ2n) is 2.43. The van der Waals surface area contributed by atoms with Crippen LogP contribution in [-0.2, 0) is 0 Å². The quantitative estimate of drug-likeness (QED) is 0.712. The third-order valence-electron chi connectivity index (χ3n) is 1.53. The van der Waals surface area contributed by atoms with Gasteiger partial charge in [0, 0.05) is 0 Å². The summed E-state index contributed by atoms with van der Waals surface area (Å²) in [6, 6.07) is 5.76. The van der Waals surface area contributed by atoms with Gasteiger partial charge in [0.1, 0.15) is 5.75 Å². The van der Waals surface area contributed by atoms with Crippen LogP contribution >= 0.6 is 0 Å². The van der Waals surface area contributed by atoms with Gasteiger partial charge in [-0.3, -0.25) is 0 Å². The largest absolute Gasteiger partial charge is 0.491 e. The van der Waals surface area contributed by atoms with Gasteiger partial charge < -0.3 is 10.5 Å². The average molecular weight is 181 g/mol. The first-order valence-corrected chi connectivity index (χ1v) is 4.73. The minimum absolute atomic E-state index is 0.662. The molecule has 2 heteroatoms. The molecule has 0 unspecified atom stereocenters. The Bertz CT molecular complexity index is 226. The molecule has 0 amide bonds. The summed E-state index contributed by atoms with van der Waals surface area (Å²) in [6.45, 7) is 8.60. The van der Waals surface area contributed by atoms with Gasteiger partial charge >= 0.3 is 0 Å². The van der Waals surface area contributed by atoms with E-state index in [1.54, 1.807) is 0 Å². The summed E-state index contributed by atoms with van der Waals surface area (Å²) < 4.78 is 5.34. The Balaban J connectivity index is 0.000000671. The molecular formula is C11H19NO. The monoisotopic (exact) mass is 181 g/mol. The lowest BCUT2D eigenvalue weighted by Gasteiger charge is -2.08. The topological polar surface area (TPSA) is 35.2 Å². The van der Waals surface area contributed by atoms with E-state index in [-0.39, 0.29) is 0 Å². The number of hydrogen-bond donors (Lipinski definition) is 1. The highest BCUT2D eigenvalue weighted by atomic mass is 16.5. The van der Waals surface area contributed by atoms with Gasteiger partial charge in [-0.15, -0.1) is 0 Å². The average Bonchev–Trinajstić information content (AvgIpc) is 2.15. The molecule has 0 saturated carbocycles. The molecule has 0 fully saturated rings. The Morgan fingerprint density at radius 2 is 1.92 bits per heavy atom. The number of para-hydroxylation sites is 1. The van der Waals surface area contributed by atoms with Gasteiger partial charge in [-0.1, -0.05) is 26.0 Å². The van der Waals surface area contributed by atoms with Crippen molar-refractivity contribution < 1.29 is 4.74 Å². The zero-order valence-corrected chi connectivity index (χ0v) is 8.92. The van der Waals surface area contributed by atoms with Crippen molar-refractivity contribution in [3.8, 4) is 5.75 Å². The van der Waals surface area contributed by atoms with Crippen LogP contribution in [0.1, 0.15) is 26.3 Å². The van der Waals surface area contributed by atoms with Crippen molar-refractivity contribution in [3.05, 3.63) is 23.8 Å². The first-order valence-electron chi connectivity index (χ1n) is 4.73. The Hall–Kier alpha value is -1.18. The second kappa shape index (κ2) is 6.35. The molecule has 1 rings (SSSR count). The Labute approximate surface area is 80.7 Å². The van der Waals surface area contributed by atoms with E-state index in [0.717, 1.165) is 11.3 Å². The zero-order chi connectivity index (χ0) is 10.3. The van der Waals surface area contributed by atoms with Crippen molar-refractivity contribution >= 4 is 5.69 Å². The van der Waals surface area contributed by atoms with Gasteiger partial charge in [-0.25, -0.2) is 0 Å². The number of ether oxygens (including phenoxy) is 1. The van der Waals surface area contributed by atoms with Crippen LogP contribution in [0.4, 0.5) is 5.69 Å². The summed E-state index contributed by atoms with van der Waals surface area (Å²) in [6.07, 6.45) is 0. The molecule has 0 aliphatic carbocycles. The predicted molar refractivity (Wildman–Crippen MR) is 58.1 cm³/mol. The Kier molecular flexibility index (Phi) is 5.77. The van der Waals surface area contributed by atoms with Crippen LogP contribution in [0.25, 0.3) is 0 Å². The summed E-state index contributed by atoms with van der Waals surface area (Å²) in [5.74, 6) is 0.815. The van der Waals surface area contributed by atoms with E-state index >= 15 is 0 Å². The van der Waals surface area contributed by atoms with Crippen molar-refractivity contribution in [1.82, 2.24) is 0 Å². The maximum atomic E-state index is 5.68. The molecule has 0 bridgehead atoms. The molecule has 2 N–H and O–H groups in total. The normalized spacial score (nSPS) is 8.62. The molecule has 0 aliphatic heterocycles. The van der Waals surface area contributed by atoms with Gasteiger partial charge in [-0.05, 0) is 25.5 Å². The van der Waals surface area contributed by atoms with Crippen LogP contribution in [0.5, 0.6) is 5.75 Å². The third-order valence-corrected chi connectivity index (χ3v) is 1.53. The molecule has 1 aromatic rings. The molecule has 13 heavy (non-hydrogen) atoms. The maximum absolute atomic E-state index is 5.68.